The molecule has 3 N–H and O–H groups in total. The molecule has 0 aliphatic carbocycles. The Morgan fingerprint density at radius 2 is 1.94 bits per heavy atom. The number of para-hydroxylation sites is 1. The Morgan fingerprint density at radius 1 is 1.12 bits per heavy atom. The number of nitrogens with one attached hydrogen (secondary N) is 3. The lowest BCUT2D eigenvalue weighted by molar-refractivity contribution is -0.116. The Morgan fingerprint density at radius 3 is 2.78 bits per heavy atom. The number of rotatable bonds is 8. The van der Waals surface area contributed by atoms with Crippen LogP contribution in [0, 0.1) is 5.92 Å². The molecule has 0 aromatic heterocycles. The number of aliphatic imine (C=N–C) groups is 1. The average Bonchev–Trinajstić information content (AvgIpc) is 3.28. The van der Waals surface area contributed by atoms with Gasteiger partial charge in [0.05, 0.1) is 0 Å². The summed E-state index contributed by atoms with van der Waals surface area (Å²) in [5.41, 5.74) is 3.53. The fourth-order valence-electron chi connectivity index (χ4n) is 4.66. The Balaban J connectivity index is 1.27. The topological polar surface area (TPSA) is 68.8 Å². The lowest BCUT2D eigenvalue weighted by atomic mass is 9.90. The number of likely N-dealkylation sites (tertiary alicyclic amines) is 1. The Labute approximate surface area is 191 Å². The van der Waals surface area contributed by atoms with Crippen molar-refractivity contribution in [1.82, 2.24) is 15.5 Å². The van der Waals surface area contributed by atoms with Crippen LogP contribution in [0.1, 0.15) is 36.8 Å². The van der Waals surface area contributed by atoms with E-state index in [1.807, 2.05) is 18.2 Å². The fourth-order valence-corrected chi connectivity index (χ4v) is 4.66. The molecule has 6 heteroatoms. The van der Waals surface area contributed by atoms with Crippen LogP contribution in [0.3, 0.4) is 0 Å². The van der Waals surface area contributed by atoms with E-state index in [1.165, 1.54) is 17.5 Å². The van der Waals surface area contributed by atoms with Crippen LogP contribution in [0.4, 0.5) is 5.69 Å². The molecule has 32 heavy (non-hydrogen) atoms. The van der Waals surface area contributed by atoms with Crippen molar-refractivity contribution in [1.29, 1.82) is 0 Å². The molecule has 2 aromatic carbocycles. The standard InChI is InChI=1S/C26H35N5O/c1-2-27-26(29-18-22-16-25(32)30-24-11-7-6-10-23(22)24)28-17-21-13-15-31(19-21)14-12-20-8-4-3-5-9-20/h3-11,21-22H,2,12-19H2,1H3,(H,30,32)(H2,27,28,29). The summed E-state index contributed by atoms with van der Waals surface area (Å²) in [5, 5.41) is 9.82. The smallest absolute Gasteiger partial charge is 0.225 e. The van der Waals surface area contributed by atoms with Gasteiger partial charge >= 0.3 is 0 Å². The van der Waals surface area contributed by atoms with Gasteiger partial charge in [-0.2, -0.15) is 0 Å². The van der Waals surface area contributed by atoms with Gasteiger partial charge in [-0.3, -0.25) is 9.79 Å². The van der Waals surface area contributed by atoms with E-state index < -0.39 is 0 Å². The van der Waals surface area contributed by atoms with Crippen LogP contribution >= 0.6 is 0 Å². The molecule has 1 saturated heterocycles. The molecule has 2 aliphatic heterocycles. The average molecular weight is 434 g/mol. The second-order valence-corrected chi connectivity index (χ2v) is 8.83. The van der Waals surface area contributed by atoms with E-state index in [2.05, 4.69) is 64.2 Å². The van der Waals surface area contributed by atoms with Gasteiger partial charge in [0.2, 0.25) is 5.91 Å². The van der Waals surface area contributed by atoms with Crippen molar-refractivity contribution in [2.45, 2.75) is 32.1 Å². The molecule has 2 unspecified atom stereocenters. The van der Waals surface area contributed by atoms with Crippen molar-refractivity contribution < 1.29 is 4.79 Å². The molecule has 1 fully saturated rings. The number of amides is 1. The number of hydrogen-bond donors (Lipinski definition) is 3. The summed E-state index contributed by atoms with van der Waals surface area (Å²) in [4.78, 5) is 19.5. The summed E-state index contributed by atoms with van der Waals surface area (Å²) in [5.74, 6) is 1.68. The second-order valence-electron chi connectivity index (χ2n) is 8.83. The van der Waals surface area contributed by atoms with E-state index in [0.717, 1.165) is 50.8 Å². The van der Waals surface area contributed by atoms with Gasteiger partial charge in [-0.25, -0.2) is 0 Å². The monoisotopic (exact) mass is 433 g/mol. The molecule has 170 valence electrons. The highest BCUT2D eigenvalue weighted by atomic mass is 16.1. The van der Waals surface area contributed by atoms with E-state index in [4.69, 9.17) is 4.99 Å². The highest BCUT2D eigenvalue weighted by Gasteiger charge is 2.25. The lowest BCUT2D eigenvalue weighted by Crippen LogP contribution is -2.41. The first-order valence-corrected chi connectivity index (χ1v) is 11.9. The number of anilines is 1. The zero-order valence-electron chi connectivity index (χ0n) is 19.0. The van der Waals surface area contributed by atoms with Crippen molar-refractivity contribution >= 4 is 17.6 Å². The van der Waals surface area contributed by atoms with Crippen LogP contribution in [0.2, 0.25) is 0 Å². The Kier molecular flexibility index (Phi) is 7.77. The zero-order chi connectivity index (χ0) is 22.2. The molecule has 2 heterocycles. The van der Waals surface area contributed by atoms with Crippen LogP contribution in [0.25, 0.3) is 0 Å². The van der Waals surface area contributed by atoms with Gasteiger partial charge in [-0.15, -0.1) is 0 Å². The van der Waals surface area contributed by atoms with Crippen LogP contribution in [0.5, 0.6) is 0 Å². The van der Waals surface area contributed by atoms with Crippen LogP contribution in [0.15, 0.2) is 59.6 Å². The number of fused-ring (bicyclic) bond motifs is 1. The fraction of sp³-hybridized carbons (Fsp3) is 0.462. The minimum absolute atomic E-state index is 0.0824. The van der Waals surface area contributed by atoms with Crippen molar-refractivity contribution in [2.75, 3.05) is 44.6 Å². The Bertz CT molecular complexity index is 913. The van der Waals surface area contributed by atoms with Crippen LogP contribution in [-0.4, -0.2) is 56.0 Å². The number of benzene rings is 2. The molecular formula is C26H35N5O. The third kappa shape index (κ3) is 6.10. The summed E-state index contributed by atoms with van der Waals surface area (Å²) in [6.07, 6.45) is 2.81. The molecule has 0 radical (unpaired) electrons. The second kappa shape index (κ2) is 11.1. The van der Waals surface area contributed by atoms with Gasteiger partial charge in [0, 0.05) is 50.7 Å². The SMILES string of the molecule is CCNC(=NCC1CCN(CCc2ccccc2)C1)NCC1CC(=O)Nc2ccccc21. The molecule has 2 aromatic rings. The van der Waals surface area contributed by atoms with Crippen LogP contribution < -0.4 is 16.0 Å². The first kappa shape index (κ1) is 22.3. The van der Waals surface area contributed by atoms with Crippen molar-refractivity contribution in [2.24, 2.45) is 10.9 Å². The minimum Gasteiger partial charge on any atom is -0.357 e. The number of carbonyl (C=O) groups is 1. The number of carbonyl (C=O) groups excluding carboxylic acids is 1. The van der Waals surface area contributed by atoms with Crippen LogP contribution in [-0.2, 0) is 11.2 Å². The zero-order valence-corrected chi connectivity index (χ0v) is 19.0. The summed E-state index contributed by atoms with van der Waals surface area (Å²) in [6, 6.07) is 18.8. The summed E-state index contributed by atoms with van der Waals surface area (Å²) >= 11 is 0. The van der Waals surface area contributed by atoms with Gasteiger partial charge in [0.1, 0.15) is 0 Å². The van der Waals surface area contributed by atoms with E-state index in [0.29, 0.717) is 18.9 Å². The first-order valence-electron chi connectivity index (χ1n) is 11.9. The predicted molar refractivity (Wildman–Crippen MR) is 131 cm³/mol. The molecule has 2 atom stereocenters. The summed E-state index contributed by atoms with van der Waals surface area (Å²) in [6.45, 7) is 7.83. The highest BCUT2D eigenvalue weighted by Crippen LogP contribution is 2.31. The van der Waals surface area contributed by atoms with Gasteiger partial charge < -0.3 is 20.9 Å². The maximum atomic E-state index is 12.1. The predicted octanol–water partition coefficient (Wildman–Crippen LogP) is 3.23. The normalized spacial score (nSPS) is 21.2. The molecule has 2 aliphatic rings. The molecule has 0 bridgehead atoms. The highest BCUT2D eigenvalue weighted by molar-refractivity contribution is 5.94. The van der Waals surface area contributed by atoms with Crippen molar-refractivity contribution in [3.05, 3.63) is 65.7 Å². The molecular weight excluding hydrogens is 398 g/mol. The molecule has 4 rings (SSSR count). The van der Waals surface area contributed by atoms with Gasteiger partial charge in [-0.05, 0) is 49.4 Å². The first-order chi connectivity index (χ1) is 15.7. The van der Waals surface area contributed by atoms with Gasteiger partial charge in [0.25, 0.3) is 0 Å². The Hall–Kier alpha value is -2.86. The summed E-state index contributed by atoms with van der Waals surface area (Å²) in [7, 11) is 0. The lowest BCUT2D eigenvalue weighted by Gasteiger charge is -2.26. The van der Waals surface area contributed by atoms with Gasteiger partial charge in [0.15, 0.2) is 5.96 Å². The number of hydrogen-bond acceptors (Lipinski definition) is 3. The maximum absolute atomic E-state index is 12.1. The largest absolute Gasteiger partial charge is 0.357 e. The van der Waals surface area contributed by atoms with Gasteiger partial charge in [-0.1, -0.05) is 48.5 Å². The third-order valence-corrected chi connectivity index (χ3v) is 6.40. The molecule has 1 amide bonds. The van der Waals surface area contributed by atoms with E-state index in [9.17, 15) is 4.79 Å². The number of nitrogens with zero attached hydrogens (tertiary/aromatic N) is 2. The molecule has 0 spiro atoms. The maximum Gasteiger partial charge on any atom is 0.225 e. The van der Waals surface area contributed by atoms with E-state index >= 15 is 0 Å². The molecule has 6 nitrogen and oxygen atoms in total. The van der Waals surface area contributed by atoms with E-state index in [-0.39, 0.29) is 11.8 Å². The minimum atomic E-state index is 0.0824. The summed E-state index contributed by atoms with van der Waals surface area (Å²) < 4.78 is 0. The third-order valence-electron chi connectivity index (χ3n) is 6.40. The van der Waals surface area contributed by atoms with E-state index in [1.54, 1.807) is 0 Å². The number of guanidine groups is 1. The van der Waals surface area contributed by atoms with Crippen molar-refractivity contribution in [3.63, 3.8) is 0 Å². The quantitative estimate of drug-likeness (QED) is 0.442. The van der Waals surface area contributed by atoms with Crippen molar-refractivity contribution in [3.8, 4) is 0 Å². The molecule has 0 saturated carbocycles.